The number of nitrogens with one attached hydrogen (secondary N) is 1. The van der Waals surface area contributed by atoms with Crippen molar-refractivity contribution in [3.8, 4) is 17.2 Å². The Morgan fingerprint density at radius 2 is 1.68 bits per heavy atom. The Morgan fingerprint density at radius 1 is 1.08 bits per heavy atom. The van der Waals surface area contributed by atoms with Crippen LogP contribution in [0, 0.1) is 0 Å². The van der Waals surface area contributed by atoms with Gasteiger partial charge < -0.3 is 25.3 Å². The Labute approximate surface area is 150 Å². The van der Waals surface area contributed by atoms with E-state index in [4.69, 9.17) is 19.9 Å². The summed E-state index contributed by atoms with van der Waals surface area (Å²) >= 11 is 1.23. The maximum Gasteiger partial charge on any atom is 0.251 e. The average molecular weight is 366 g/mol. The number of rotatable bonds is 9. The minimum absolute atomic E-state index is 0.245. The van der Waals surface area contributed by atoms with Gasteiger partial charge >= 0.3 is 0 Å². The van der Waals surface area contributed by atoms with Gasteiger partial charge in [-0.1, -0.05) is 11.3 Å². The molecule has 1 amide bonds. The standard InChI is InChI=1S/C16H22N4O4S/c1-4-22-11-7-10(8-12(23-5-2)14(11)24-6-3)15(21)18-9-13-19-20-16(17)25-13/h7-8H,4-6,9H2,1-3H3,(H2,17,20)(H,18,21). The van der Waals surface area contributed by atoms with Crippen molar-refractivity contribution in [2.24, 2.45) is 0 Å². The summed E-state index contributed by atoms with van der Waals surface area (Å²) in [5.74, 6) is 1.17. The molecule has 25 heavy (non-hydrogen) atoms. The third-order valence-corrected chi connectivity index (χ3v) is 3.81. The number of carbonyl (C=O) groups is 1. The molecule has 0 unspecified atom stereocenters. The molecular weight excluding hydrogens is 344 g/mol. The molecule has 3 N–H and O–H groups in total. The van der Waals surface area contributed by atoms with E-state index in [1.54, 1.807) is 12.1 Å². The quantitative estimate of drug-likeness (QED) is 0.700. The summed E-state index contributed by atoms with van der Waals surface area (Å²) in [5.41, 5.74) is 5.94. The lowest BCUT2D eigenvalue weighted by atomic mass is 10.1. The molecule has 136 valence electrons. The highest BCUT2D eigenvalue weighted by atomic mass is 32.1. The van der Waals surface area contributed by atoms with E-state index in [0.29, 0.717) is 52.8 Å². The molecule has 0 fully saturated rings. The van der Waals surface area contributed by atoms with Crippen LogP contribution in [0.3, 0.4) is 0 Å². The molecule has 0 aliphatic heterocycles. The number of benzene rings is 1. The van der Waals surface area contributed by atoms with E-state index in [2.05, 4.69) is 15.5 Å². The van der Waals surface area contributed by atoms with Crippen molar-refractivity contribution in [1.82, 2.24) is 15.5 Å². The Morgan fingerprint density at radius 3 is 2.16 bits per heavy atom. The second-order valence-corrected chi connectivity index (χ2v) is 5.91. The number of aromatic nitrogens is 2. The molecule has 0 saturated carbocycles. The first kappa shape index (κ1) is 18.8. The molecule has 2 aromatic rings. The lowest BCUT2D eigenvalue weighted by molar-refractivity contribution is 0.0949. The Hall–Kier alpha value is -2.55. The van der Waals surface area contributed by atoms with E-state index in [1.165, 1.54) is 11.3 Å². The fourth-order valence-electron chi connectivity index (χ4n) is 2.12. The zero-order chi connectivity index (χ0) is 18.2. The fourth-order valence-corrected chi connectivity index (χ4v) is 2.66. The van der Waals surface area contributed by atoms with Crippen molar-refractivity contribution >= 4 is 22.4 Å². The third kappa shape index (κ3) is 4.96. The van der Waals surface area contributed by atoms with Crippen LogP contribution < -0.4 is 25.3 Å². The van der Waals surface area contributed by atoms with Gasteiger partial charge in [0.15, 0.2) is 11.5 Å². The molecular formula is C16H22N4O4S. The molecule has 1 aromatic heterocycles. The first-order chi connectivity index (χ1) is 12.1. The van der Waals surface area contributed by atoms with Crippen molar-refractivity contribution in [1.29, 1.82) is 0 Å². The summed E-state index contributed by atoms with van der Waals surface area (Å²) in [6.45, 7) is 7.20. The van der Waals surface area contributed by atoms with Crippen LogP contribution in [0.15, 0.2) is 12.1 Å². The molecule has 0 bridgehead atoms. The number of carbonyl (C=O) groups excluding carboxylic acids is 1. The summed E-state index contributed by atoms with van der Waals surface area (Å²) in [6.07, 6.45) is 0. The number of anilines is 1. The number of hydrogen-bond acceptors (Lipinski definition) is 8. The maximum absolute atomic E-state index is 12.5. The summed E-state index contributed by atoms with van der Waals surface area (Å²) < 4.78 is 16.9. The minimum Gasteiger partial charge on any atom is -0.490 e. The summed E-state index contributed by atoms with van der Waals surface area (Å²) in [7, 11) is 0. The highest BCUT2D eigenvalue weighted by molar-refractivity contribution is 7.15. The Balaban J connectivity index is 2.24. The summed E-state index contributed by atoms with van der Waals surface area (Å²) in [5, 5.41) is 11.4. The van der Waals surface area contributed by atoms with Gasteiger partial charge in [0.25, 0.3) is 5.91 Å². The topological polar surface area (TPSA) is 109 Å². The molecule has 0 aliphatic carbocycles. The molecule has 8 nitrogen and oxygen atoms in total. The molecule has 2 rings (SSSR count). The molecule has 0 radical (unpaired) electrons. The van der Waals surface area contributed by atoms with Crippen LogP contribution in [0.4, 0.5) is 5.13 Å². The van der Waals surface area contributed by atoms with Crippen LogP contribution >= 0.6 is 11.3 Å². The van der Waals surface area contributed by atoms with E-state index in [1.807, 2.05) is 20.8 Å². The zero-order valence-corrected chi connectivity index (χ0v) is 15.3. The Kier molecular flexibility index (Phi) is 6.81. The van der Waals surface area contributed by atoms with Crippen LogP contribution in [-0.4, -0.2) is 35.9 Å². The lowest BCUT2D eigenvalue weighted by Gasteiger charge is -2.17. The van der Waals surface area contributed by atoms with Crippen molar-refractivity contribution in [2.75, 3.05) is 25.6 Å². The van der Waals surface area contributed by atoms with Crippen LogP contribution in [0.5, 0.6) is 17.2 Å². The number of nitrogens with zero attached hydrogens (tertiary/aromatic N) is 2. The summed E-state index contributed by atoms with van der Waals surface area (Å²) in [6, 6.07) is 3.28. The molecule has 0 saturated heterocycles. The molecule has 9 heteroatoms. The highest BCUT2D eigenvalue weighted by Crippen LogP contribution is 2.39. The lowest BCUT2D eigenvalue weighted by Crippen LogP contribution is -2.23. The molecule has 1 aromatic carbocycles. The smallest absolute Gasteiger partial charge is 0.251 e. The molecule has 0 spiro atoms. The first-order valence-corrected chi connectivity index (χ1v) is 8.83. The fraction of sp³-hybridized carbons (Fsp3) is 0.438. The monoisotopic (exact) mass is 366 g/mol. The first-order valence-electron chi connectivity index (χ1n) is 8.01. The van der Waals surface area contributed by atoms with Crippen molar-refractivity contribution in [2.45, 2.75) is 27.3 Å². The van der Waals surface area contributed by atoms with Crippen LogP contribution in [-0.2, 0) is 6.54 Å². The van der Waals surface area contributed by atoms with Gasteiger partial charge in [0.2, 0.25) is 10.9 Å². The molecule has 0 atom stereocenters. The van der Waals surface area contributed by atoms with Crippen molar-refractivity contribution < 1.29 is 19.0 Å². The molecule has 0 aliphatic rings. The third-order valence-electron chi connectivity index (χ3n) is 3.05. The summed E-state index contributed by atoms with van der Waals surface area (Å²) in [4.78, 5) is 12.5. The zero-order valence-electron chi connectivity index (χ0n) is 14.5. The predicted octanol–water partition coefficient (Wildman–Crippen LogP) is 2.25. The SMILES string of the molecule is CCOc1cc(C(=O)NCc2nnc(N)s2)cc(OCC)c1OCC. The second kappa shape index (κ2) is 9.07. The maximum atomic E-state index is 12.5. The van der Waals surface area contributed by atoms with E-state index in [0.717, 1.165) is 0 Å². The normalized spacial score (nSPS) is 10.4. The van der Waals surface area contributed by atoms with E-state index >= 15 is 0 Å². The van der Waals surface area contributed by atoms with Gasteiger partial charge in [-0.05, 0) is 32.9 Å². The van der Waals surface area contributed by atoms with Crippen LogP contribution in [0.25, 0.3) is 0 Å². The number of amides is 1. The van der Waals surface area contributed by atoms with E-state index < -0.39 is 0 Å². The largest absolute Gasteiger partial charge is 0.490 e. The highest BCUT2D eigenvalue weighted by Gasteiger charge is 2.18. The van der Waals surface area contributed by atoms with Crippen LogP contribution in [0.1, 0.15) is 36.1 Å². The second-order valence-electron chi connectivity index (χ2n) is 4.82. The predicted molar refractivity (Wildman–Crippen MR) is 95.4 cm³/mol. The van der Waals surface area contributed by atoms with Gasteiger partial charge in [-0.2, -0.15) is 0 Å². The van der Waals surface area contributed by atoms with Crippen molar-refractivity contribution in [3.63, 3.8) is 0 Å². The number of nitrogens with two attached hydrogens (primary N) is 1. The van der Waals surface area contributed by atoms with Gasteiger partial charge in [-0.25, -0.2) is 0 Å². The minimum atomic E-state index is -0.279. The Bertz CT molecular complexity index is 693. The number of nitrogen functional groups attached to an aromatic ring is 1. The van der Waals surface area contributed by atoms with Crippen molar-refractivity contribution in [3.05, 3.63) is 22.7 Å². The van der Waals surface area contributed by atoms with Gasteiger partial charge in [0.05, 0.1) is 26.4 Å². The average Bonchev–Trinajstić information content (AvgIpc) is 3.01. The van der Waals surface area contributed by atoms with Crippen LogP contribution in [0.2, 0.25) is 0 Å². The van der Waals surface area contributed by atoms with Gasteiger partial charge in [-0.15, -0.1) is 10.2 Å². The van der Waals surface area contributed by atoms with E-state index in [9.17, 15) is 4.79 Å². The number of ether oxygens (including phenoxy) is 3. The van der Waals surface area contributed by atoms with Gasteiger partial charge in [0, 0.05) is 5.56 Å². The van der Waals surface area contributed by atoms with Gasteiger partial charge in [0.1, 0.15) is 5.01 Å². The van der Waals surface area contributed by atoms with E-state index in [-0.39, 0.29) is 12.5 Å². The molecule has 1 heterocycles. The number of hydrogen-bond donors (Lipinski definition) is 2. The van der Waals surface area contributed by atoms with Gasteiger partial charge in [-0.3, -0.25) is 4.79 Å².